The molecular weight excluding hydrogens is 324 g/mol. The Morgan fingerprint density at radius 1 is 0.731 bits per heavy atom. The van der Waals surface area contributed by atoms with E-state index < -0.39 is 0 Å². The maximum Gasteiger partial charge on any atom is 0.127 e. The summed E-state index contributed by atoms with van der Waals surface area (Å²) in [6.07, 6.45) is 0. The van der Waals surface area contributed by atoms with E-state index in [2.05, 4.69) is 0 Å². The number of methoxy groups -OCH3 is 1. The average Bonchev–Trinajstić information content (AvgIpc) is 2.68. The average molecular weight is 365 g/mol. The van der Waals surface area contributed by atoms with E-state index >= 15 is 0 Å². The van der Waals surface area contributed by atoms with Crippen LogP contribution in [0.15, 0.2) is 30.3 Å². The Balaban J connectivity index is -0.000000585. The zero-order chi connectivity index (χ0) is 21.3. The number of phenolic OH excluding ortho intramolecular Hbond substituents is 2. The lowest BCUT2D eigenvalue weighted by Crippen LogP contribution is -1.91. The van der Waals surface area contributed by atoms with E-state index in [9.17, 15) is 10.2 Å². The van der Waals surface area contributed by atoms with Crippen LogP contribution in [0.2, 0.25) is 0 Å². The van der Waals surface area contributed by atoms with Crippen LogP contribution in [0.4, 0.5) is 0 Å². The minimum atomic E-state index is 0.0522. The molecule has 0 aliphatic heterocycles. The number of benzene rings is 2. The number of rotatable bonds is 2. The molecule has 0 saturated heterocycles. The highest BCUT2D eigenvalue weighted by atomic mass is 16.5. The van der Waals surface area contributed by atoms with Crippen molar-refractivity contribution in [2.75, 3.05) is 7.11 Å². The fraction of sp³-hybridized carbons (Fsp3) is 0.478. The highest BCUT2D eigenvalue weighted by molar-refractivity contribution is 5.79. The van der Waals surface area contributed by atoms with Gasteiger partial charge in [-0.1, -0.05) is 67.0 Å². The van der Waals surface area contributed by atoms with E-state index in [0.29, 0.717) is 11.3 Å². The van der Waals surface area contributed by atoms with Crippen molar-refractivity contribution in [2.24, 2.45) is 0 Å². The molecule has 26 heavy (non-hydrogen) atoms. The minimum absolute atomic E-state index is 0.0522. The lowest BCUT2D eigenvalue weighted by Gasteiger charge is -2.14. The number of ether oxygens (including phenoxy) is 1. The number of hydrogen-bond donors (Lipinski definition) is 2. The Kier molecular flexibility index (Phi) is 19.4. The fourth-order valence-electron chi connectivity index (χ4n) is 2.12. The Morgan fingerprint density at radius 3 is 1.65 bits per heavy atom. The Labute approximate surface area is 161 Å². The van der Waals surface area contributed by atoms with E-state index in [1.807, 2.05) is 87.4 Å². The fourth-order valence-corrected chi connectivity index (χ4v) is 2.12. The first-order valence-electron chi connectivity index (χ1n) is 9.70. The van der Waals surface area contributed by atoms with Crippen molar-refractivity contribution in [3.8, 4) is 28.4 Å². The van der Waals surface area contributed by atoms with E-state index in [-0.39, 0.29) is 11.5 Å². The molecule has 0 aromatic heterocycles. The highest BCUT2D eigenvalue weighted by Gasteiger charge is 2.14. The molecule has 150 valence electrons. The largest absolute Gasteiger partial charge is 0.508 e. The highest BCUT2D eigenvalue weighted by Crippen LogP contribution is 2.40. The number of aryl methyl sites for hydroxylation is 2. The summed E-state index contributed by atoms with van der Waals surface area (Å²) in [5, 5.41) is 19.5. The summed E-state index contributed by atoms with van der Waals surface area (Å²) >= 11 is 0. The van der Waals surface area contributed by atoms with Crippen LogP contribution in [0.3, 0.4) is 0 Å². The predicted octanol–water partition coefficient (Wildman–Crippen LogP) is 7.50. The number of phenols is 2. The maximum absolute atomic E-state index is 10.0. The van der Waals surface area contributed by atoms with Gasteiger partial charge >= 0.3 is 0 Å². The van der Waals surface area contributed by atoms with Crippen LogP contribution in [0.1, 0.15) is 66.5 Å². The second-order valence-electron chi connectivity index (χ2n) is 4.36. The molecule has 0 bridgehead atoms. The van der Waals surface area contributed by atoms with Gasteiger partial charge in [0.1, 0.15) is 17.2 Å². The van der Waals surface area contributed by atoms with Gasteiger partial charge in [-0.2, -0.15) is 0 Å². The minimum Gasteiger partial charge on any atom is -0.508 e. The molecule has 2 N–H and O–H groups in total. The van der Waals surface area contributed by atoms with Crippen LogP contribution in [0.25, 0.3) is 11.1 Å². The van der Waals surface area contributed by atoms with Gasteiger partial charge in [0.25, 0.3) is 0 Å². The van der Waals surface area contributed by atoms with Crippen molar-refractivity contribution in [2.45, 2.75) is 69.2 Å². The summed E-state index contributed by atoms with van der Waals surface area (Å²) in [6.45, 7) is 19.8. The summed E-state index contributed by atoms with van der Waals surface area (Å²) in [7, 11) is 1.60. The van der Waals surface area contributed by atoms with Crippen LogP contribution in [0, 0.1) is 13.8 Å². The molecule has 3 heteroatoms. The van der Waals surface area contributed by atoms with Crippen molar-refractivity contribution < 1.29 is 14.9 Å². The zero-order valence-electron chi connectivity index (χ0n) is 18.7. The van der Waals surface area contributed by atoms with Gasteiger partial charge in [-0.15, -0.1) is 0 Å². The quantitative estimate of drug-likeness (QED) is 0.580. The lowest BCUT2D eigenvalue weighted by atomic mass is 9.97. The summed E-state index contributed by atoms with van der Waals surface area (Å²) in [4.78, 5) is 0. The molecular formula is C23H40O3. The first-order valence-corrected chi connectivity index (χ1v) is 9.70. The third-order valence-corrected chi connectivity index (χ3v) is 2.92. The van der Waals surface area contributed by atoms with Crippen LogP contribution in [0.5, 0.6) is 17.2 Å². The number of aromatic hydroxyl groups is 2. The first-order chi connectivity index (χ1) is 12.5. The van der Waals surface area contributed by atoms with Gasteiger partial charge in [0.15, 0.2) is 0 Å². The Bertz CT molecular complexity index is 567. The molecule has 0 saturated carbocycles. The van der Waals surface area contributed by atoms with E-state index in [1.54, 1.807) is 13.2 Å². The summed E-state index contributed by atoms with van der Waals surface area (Å²) in [5.41, 5.74) is 3.40. The van der Waals surface area contributed by atoms with E-state index in [0.717, 1.165) is 16.7 Å². The molecule has 0 radical (unpaired) electrons. The summed E-state index contributed by atoms with van der Waals surface area (Å²) in [6, 6.07) is 8.74. The van der Waals surface area contributed by atoms with Gasteiger partial charge in [0, 0.05) is 17.2 Å². The van der Waals surface area contributed by atoms with Gasteiger partial charge in [0.05, 0.1) is 7.11 Å². The Hall–Kier alpha value is -2.16. The standard InChI is InChI=1S/C15H16O3.4C2H6/c1-9-4-5-14(18-3)12(6-9)15-10(2)7-11(16)8-13(15)17;4*1-2/h4-8,16-17H,1-3H3;4*1-2H3. The first kappa shape index (κ1) is 28.6. The van der Waals surface area contributed by atoms with Gasteiger partial charge in [0.2, 0.25) is 0 Å². The van der Waals surface area contributed by atoms with Crippen molar-refractivity contribution in [1.82, 2.24) is 0 Å². The predicted molar refractivity (Wildman–Crippen MR) is 117 cm³/mol. The topological polar surface area (TPSA) is 49.7 Å². The molecule has 0 amide bonds. The monoisotopic (exact) mass is 364 g/mol. The van der Waals surface area contributed by atoms with E-state index in [4.69, 9.17) is 4.74 Å². The zero-order valence-corrected chi connectivity index (χ0v) is 18.7. The molecule has 2 aromatic carbocycles. The second-order valence-corrected chi connectivity index (χ2v) is 4.36. The lowest BCUT2D eigenvalue weighted by molar-refractivity contribution is 0.415. The van der Waals surface area contributed by atoms with E-state index in [1.165, 1.54) is 6.07 Å². The van der Waals surface area contributed by atoms with Gasteiger partial charge < -0.3 is 14.9 Å². The molecule has 0 spiro atoms. The summed E-state index contributed by atoms with van der Waals surface area (Å²) in [5.74, 6) is 0.807. The van der Waals surface area contributed by atoms with Crippen molar-refractivity contribution in [3.05, 3.63) is 41.5 Å². The molecule has 0 aliphatic rings. The van der Waals surface area contributed by atoms with Crippen LogP contribution >= 0.6 is 0 Å². The third-order valence-electron chi connectivity index (χ3n) is 2.92. The maximum atomic E-state index is 10.0. The van der Waals surface area contributed by atoms with Crippen LogP contribution < -0.4 is 4.74 Å². The molecule has 0 unspecified atom stereocenters. The van der Waals surface area contributed by atoms with Gasteiger partial charge in [-0.05, 0) is 37.6 Å². The van der Waals surface area contributed by atoms with Gasteiger partial charge in [-0.25, -0.2) is 0 Å². The SMILES string of the molecule is CC.CC.CC.CC.COc1ccc(C)cc1-c1c(C)cc(O)cc1O. The molecule has 3 nitrogen and oxygen atoms in total. The van der Waals surface area contributed by atoms with Crippen LogP contribution in [-0.4, -0.2) is 17.3 Å². The number of hydrogen-bond acceptors (Lipinski definition) is 3. The van der Waals surface area contributed by atoms with Crippen molar-refractivity contribution in [3.63, 3.8) is 0 Å². The van der Waals surface area contributed by atoms with Crippen LogP contribution in [-0.2, 0) is 0 Å². The molecule has 2 rings (SSSR count). The Morgan fingerprint density at radius 2 is 1.23 bits per heavy atom. The molecule has 0 fully saturated rings. The van der Waals surface area contributed by atoms with Crippen molar-refractivity contribution in [1.29, 1.82) is 0 Å². The van der Waals surface area contributed by atoms with Crippen molar-refractivity contribution >= 4 is 0 Å². The third kappa shape index (κ3) is 8.80. The smallest absolute Gasteiger partial charge is 0.127 e. The molecule has 0 aliphatic carbocycles. The molecule has 2 aromatic rings. The normalized spacial score (nSPS) is 8.12. The van der Waals surface area contributed by atoms with Gasteiger partial charge in [-0.3, -0.25) is 0 Å². The molecule has 0 heterocycles. The second kappa shape index (κ2) is 17.7. The summed E-state index contributed by atoms with van der Waals surface area (Å²) < 4.78 is 5.32. The molecule has 0 atom stereocenters.